The van der Waals surface area contributed by atoms with Gasteiger partial charge in [0.25, 0.3) is 0 Å². The lowest BCUT2D eigenvalue weighted by Crippen LogP contribution is -2.49. The van der Waals surface area contributed by atoms with Gasteiger partial charge < -0.3 is 14.5 Å². The van der Waals surface area contributed by atoms with Gasteiger partial charge in [-0.05, 0) is 49.1 Å². The number of rotatable bonds is 7. The van der Waals surface area contributed by atoms with Crippen molar-refractivity contribution in [2.45, 2.75) is 29.6 Å². The first-order valence-electron chi connectivity index (χ1n) is 11.8. The minimum absolute atomic E-state index is 0.121. The first-order chi connectivity index (χ1) is 16.4. The van der Waals surface area contributed by atoms with Crippen molar-refractivity contribution in [3.63, 3.8) is 0 Å². The van der Waals surface area contributed by atoms with E-state index in [0.29, 0.717) is 61.6 Å². The van der Waals surface area contributed by atoms with E-state index in [2.05, 4.69) is 11.8 Å². The second-order valence-electron chi connectivity index (χ2n) is 8.91. The molecule has 2 aliphatic rings. The number of nitrogens with zero attached hydrogens (tertiary/aromatic N) is 3. The lowest BCUT2D eigenvalue weighted by Gasteiger charge is -2.37. The second-order valence-corrected chi connectivity index (χ2v) is 11.9. The summed E-state index contributed by atoms with van der Waals surface area (Å²) in [6.45, 7) is 5.67. The third-order valence-corrected chi connectivity index (χ3v) is 9.34. The standard InChI is InChI=1S/C25H33N3O4S2/c1-20-7-6-12-28(18-20)34(30,31)22-10-11-24(32-2)23(17-22)26-13-15-27(16-14-26)25(29)19-33-21-8-4-3-5-9-21/h3-5,8-11,17,20H,6-7,12-16,18-19H2,1-2H3. The summed E-state index contributed by atoms with van der Waals surface area (Å²) < 4.78 is 33.8. The minimum Gasteiger partial charge on any atom is -0.495 e. The van der Waals surface area contributed by atoms with E-state index in [4.69, 9.17) is 4.74 Å². The van der Waals surface area contributed by atoms with Gasteiger partial charge in [-0.25, -0.2) is 8.42 Å². The summed E-state index contributed by atoms with van der Waals surface area (Å²) in [6.07, 6.45) is 1.95. The van der Waals surface area contributed by atoms with Crippen LogP contribution in [-0.2, 0) is 14.8 Å². The fourth-order valence-corrected chi connectivity index (χ4v) is 6.98. The Balaban J connectivity index is 1.42. The highest BCUT2D eigenvalue weighted by atomic mass is 32.2. The Labute approximate surface area is 207 Å². The predicted molar refractivity (Wildman–Crippen MR) is 136 cm³/mol. The fourth-order valence-electron chi connectivity index (χ4n) is 4.54. The maximum absolute atomic E-state index is 13.3. The van der Waals surface area contributed by atoms with Gasteiger partial charge in [0.15, 0.2) is 0 Å². The zero-order chi connectivity index (χ0) is 24.1. The average Bonchev–Trinajstić information content (AvgIpc) is 2.87. The third kappa shape index (κ3) is 5.70. The number of piperazine rings is 1. The normalized spacial score (nSPS) is 19.8. The van der Waals surface area contributed by atoms with E-state index in [1.807, 2.05) is 35.2 Å². The SMILES string of the molecule is COc1ccc(S(=O)(=O)N2CCCC(C)C2)cc1N1CCN(C(=O)CSc2ccccc2)CC1. The Kier molecular flexibility index (Phi) is 8.06. The van der Waals surface area contributed by atoms with Crippen molar-refractivity contribution in [3.05, 3.63) is 48.5 Å². The Morgan fingerprint density at radius 3 is 2.47 bits per heavy atom. The molecule has 0 spiro atoms. The summed E-state index contributed by atoms with van der Waals surface area (Å²) >= 11 is 1.55. The van der Waals surface area contributed by atoms with E-state index in [-0.39, 0.29) is 5.91 Å². The van der Waals surface area contributed by atoms with Gasteiger partial charge >= 0.3 is 0 Å². The largest absolute Gasteiger partial charge is 0.495 e. The molecule has 2 aromatic carbocycles. The van der Waals surface area contributed by atoms with Crippen LogP contribution in [0.1, 0.15) is 19.8 Å². The zero-order valence-corrected chi connectivity index (χ0v) is 21.5. The quantitative estimate of drug-likeness (QED) is 0.538. The molecule has 0 radical (unpaired) electrons. The lowest BCUT2D eigenvalue weighted by molar-refractivity contribution is -0.128. The molecule has 34 heavy (non-hydrogen) atoms. The summed E-state index contributed by atoms with van der Waals surface area (Å²) in [5.41, 5.74) is 0.763. The van der Waals surface area contributed by atoms with Crippen molar-refractivity contribution in [2.75, 3.05) is 57.0 Å². The molecule has 1 amide bonds. The Morgan fingerprint density at radius 1 is 1.06 bits per heavy atom. The first-order valence-corrected chi connectivity index (χ1v) is 14.2. The summed E-state index contributed by atoms with van der Waals surface area (Å²) in [6, 6.07) is 15.0. The van der Waals surface area contributed by atoms with Crippen LogP contribution in [-0.4, -0.2) is 75.7 Å². The Hall–Kier alpha value is -2.23. The molecule has 2 saturated heterocycles. The molecule has 1 atom stereocenters. The Bertz CT molecular complexity index is 1090. The van der Waals surface area contributed by atoms with E-state index < -0.39 is 10.0 Å². The van der Waals surface area contributed by atoms with Crippen LogP contribution < -0.4 is 9.64 Å². The Morgan fingerprint density at radius 2 is 1.79 bits per heavy atom. The number of sulfonamides is 1. The van der Waals surface area contributed by atoms with Gasteiger partial charge in [-0.1, -0.05) is 25.1 Å². The van der Waals surface area contributed by atoms with Crippen LogP contribution in [0.4, 0.5) is 5.69 Å². The number of ether oxygens (including phenoxy) is 1. The summed E-state index contributed by atoms with van der Waals surface area (Å²) in [5.74, 6) is 1.54. The number of benzene rings is 2. The van der Waals surface area contributed by atoms with E-state index in [1.165, 1.54) is 0 Å². The van der Waals surface area contributed by atoms with E-state index in [0.717, 1.165) is 23.4 Å². The molecule has 0 N–H and O–H groups in total. The van der Waals surface area contributed by atoms with Gasteiger partial charge in [-0.15, -0.1) is 11.8 Å². The van der Waals surface area contributed by atoms with Crippen molar-refractivity contribution < 1.29 is 17.9 Å². The van der Waals surface area contributed by atoms with E-state index in [1.54, 1.807) is 41.4 Å². The topological polar surface area (TPSA) is 70.2 Å². The molecule has 7 nitrogen and oxygen atoms in total. The molecule has 0 bridgehead atoms. The number of carbonyl (C=O) groups excluding carboxylic acids is 1. The van der Waals surface area contributed by atoms with Crippen molar-refractivity contribution in [1.29, 1.82) is 0 Å². The van der Waals surface area contributed by atoms with Crippen LogP contribution in [0.15, 0.2) is 58.3 Å². The molecule has 0 aliphatic carbocycles. The summed E-state index contributed by atoms with van der Waals surface area (Å²) in [7, 11) is -1.96. The van der Waals surface area contributed by atoms with Crippen LogP contribution in [0.3, 0.4) is 0 Å². The summed E-state index contributed by atoms with van der Waals surface area (Å²) in [4.78, 5) is 18.1. The van der Waals surface area contributed by atoms with Crippen molar-refractivity contribution in [1.82, 2.24) is 9.21 Å². The van der Waals surface area contributed by atoms with Gasteiger partial charge in [-0.2, -0.15) is 4.31 Å². The monoisotopic (exact) mass is 503 g/mol. The second kappa shape index (κ2) is 11.0. The van der Waals surface area contributed by atoms with Crippen LogP contribution in [0.25, 0.3) is 0 Å². The molecule has 184 valence electrons. The average molecular weight is 504 g/mol. The molecule has 2 aliphatic heterocycles. The predicted octanol–water partition coefficient (Wildman–Crippen LogP) is 3.56. The first kappa shape index (κ1) is 24.9. The fraction of sp³-hybridized carbons (Fsp3) is 0.480. The molecule has 0 aromatic heterocycles. The molecule has 0 saturated carbocycles. The molecule has 9 heteroatoms. The summed E-state index contributed by atoms with van der Waals surface area (Å²) in [5, 5.41) is 0. The zero-order valence-electron chi connectivity index (χ0n) is 19.9. The van der Waals surface area contributed by atoms with Crippen LogP contribution >= 0.6 is 11.8 Å². The van der Waals surface area contributed by atoms with Crippen LogP contribution in [0, 0.1) is 5.92 Å². The molecule has 4 rings (SSSR count). The van der Waals surface area contributed by atoms with Crippen LogP contribution in [0.2, 0.25) is 0 Å². The number of hydrogen-bond acceptors (Lipinski definition) is 6. The maximum Gasteiger partial charge on any atom is 0.243 e. The van der Waals surface area contributed by atoms with Crippen molar-refractivity contribution in [2.24, 2.45) is 5.92 Å². The number of anilines is 1. The highest BCUT2D eigenvalue weighted by Gasteiger charge is 2.30. The molecular weight excluding hydrogens is 470 g/mol. The number of piperidine rings is 1. The highest BCUT2D eigenvalue weighted by Crippen LogP contribution is 2.34. The molecule has 2 heterocycles. The lowest BCUT2D eigenvalue weighted by atomic mass is 10.0. The number of amides is 1. The number of carbonyl (C=O) groups is 1. The van der Waals surface area contributed by atoms with Gasteiger partial charge in [0, 0.05) is 44.2 Å². The van der Waals surface area contributed by atoms with Gasteiger partial charge in [0.1, 0.15) is 5.75 Å². The van der Waals surface area contributed by atoms with E-state index >= 15 is 0 Å². The van der Waals surface area contributed by atoms with Gasteiger partial charge in [0.2, 0.25) is 15.9 Å². The third-order valence-electron chi connectivity index (χ3n) is 6.49. The number of thioether (sulfide) groups is 1. The number of hydrogen-bond donors (Lipinski definition) is 0. The van der Waals surface area contributed by atoms with Gasteiger partial charge in [0.05, 0.1) is 23.4 Å². The number of methoxy groups -OCH3 is 1. The van der Waals surface area contributed by atoms with E-state index in [9.17, 15) is 13.2 Å². The molecule has 1 unspecified atom stereocenters. The highest BCUT2D eigenvalue weighted by molar-refractivity contribution is 8.00. The van der Waals surface area contributed by atoms with Gasteiger partial charge in [-0.3, -0.25) is 4.79 Å². The van der Waals surface area contributed by atoms with Crippen LogP contribution in [0.5, 0.6) is 5.75 Å². The molecular formula is C25H33N3O4S2. The molecule has 2 fully saturated rings. The van der Waals surface area contributed by atoms with Crippen molar-refractivity contribution >= 4 is 33.4 Å². The molecule has 2 aromatic rings. The smallest absolute Gasteiger partial charge is 0.243 e. The maximum atomic E-state index is 13.3. The van der Waals surface area contributed by atoms with Crippen molar-refractivity contribution in [3.8, 4) is 5.75 Å². The minimum atomic E-state index is -3.56.